The number of aryl methyl sites for hydroxylation is 1. The van der Waals surface area contributed by atoms with Crippen LogP contribution in [-0.2, 0) is 0 Å². The van der Waals surface area contributed by atoms with Gasteiger partial charge in [0.2, 0.25) is 0 Å². The quantitative estimate of drug-likeness (QED) is 0.779. The normalized spacial score (nSPS) is 10.1. The summed E-state index contributed by atoms with van der Waals surface area (Å²) in [4.78, 5) is 4.49. The minimum absolute atomic E-state index is 0.685. The summed E-state index contributed by atoms with van der Waals surface area (Å²) in [6, 6.07) is 14.0. The van der Waals surface area contributed by atoms with Gasteiger partial charge in [-0.2, -0.15) is 0 Å². The maximum Gasteiger partial charge on any atom is 0.119 e. The van der Waals surface area contributed by atoms with Crippen molar-refractivity contribution >= 4 is 0 Å². The molecule has 1 aromatic carbocycles. The summed E-state index contributed by atoms with van der Waals surface area (Å²) in [5.41, 5.74) is 3.11. The molecule has 0 aliphatic heterocycles. The average molecular weight is 213 g/mol. The first kappa shape index (κ1) is 10.7. The molecule has 0 amide bonds. The van der Waals surface area contributed by atoms with Gasteiger partial charge in [0.25, 0.3) is 0 Å². The van der Waals surface area contributed by atoms with Gasteiger partial charge in [-0.15, -0.1) is 0 Å². The van der Waals surface area contributed by atoms with E-state index in [1.807, 2.05) is 56.3 Å². The highest BCUT2D eigenvalue weighted by Crippen LogP contribution is 2.22. The minimum atomic E-state index is 0.685. The van der Waals surface area contributed by atoms with Gasteiger partial charge in [0, 0.05) is 11.3 Å². The molecule has 0 aliphatic rings. The third-order valence-electron chi connectivity index (χ3n) is 2.33. The first-order valence-electron chi connectivity index (χ1n) is 5.46. The molecule has 0 aliphatic carbocycles. The fraction of sp³-hybridized carbons (Fsp3) is 0.214. The van der Waals surface area contributed by atoms with Crippen molar-refractivity contribution in [2.24, 2.45) is 0 Å². The Kier molecular flexibility index (Phi) is 3.20. The van der Waals surface area contributed by atoms with Gasteiger partial charge in [-0.25, -0.2) is 0 Å². The monoisotopic (exact) mass is 213 g/mol. The summed E-state index contributed by atoms with van der Waals surface area (Å²) >= 11 is 0. The van der Waals surface area contributed by atoms with Crippen LogP contribution in [0.25, 0.3) is 11.3 Å². The largest absolute Gasteiger partial charge is 0.494 e. The predicted octanol–water partition coefficient (Wildman–Crippen LogP) is 3.46. The van der Waals surface area contributed by atoms with E-state index in [4.69, 9.17) is 4.74 Å². The van der Waals surface area contributed by atoms with Gasteiger partial charge in [0.1, 0.15) is 5.75 Å². The van der Waals surface area contributed by atoms with Crippen LogP contribution in [0.3, 0.4) is 0 Å². The summed E-state index contributed by atoms with van der Waals surface area (Å²) in [7, 11) is 0. The minimum Gasteiger partial charge on any atom is -0.494 e. The molecule has 1 aromatic heterocycles. The number of ether oxygens (including phenoxy) is 1. The first-order chi connectivity index (χ1) is 7.79. The standard InChI is InChI=1S/C14H15NO/c1-3-16-13-8-5-7-12(10-13)14-9-4-6-11(2)15-14/h4-10H,3H2,1-2H3. The van der Waals surface area contributed by atoms with Crippen LogP contribution < -0.4 is 4.74 Å². The Bertz CT molecular complexity index is 480. The van der Waals surface area contributed by atoms with E-state index in [1.165, 1.54) is 0 Å². The van der Waals surface area contributed by atoms with Crippen molar-refractivity contribution in [3.8, 4) is 17.0 Å². The number of nitrogens with zero attached hydrogens (tertiary/aromatic N) is 1. The van der Waals surface area contributed by atoms with Crippen LogP contribution in [0, 0.1) is 6.92 Å². The van der Waals surface area contributed by atoms with Crippen molar-refractivity contribution in [3.63, 3.8) is 0 Å². The second-order valence-electron chi connectivity index (χ2n) is 3.63. The van der Waals surface area contributed by atoms with E-state index in [1.54, 1.807) is 0 Å². The van der Waals surface area contributed by atoms with Crippen LogP contribution in [0.2, 0.25) is 0 Å². The molecule has 82 valence electrons. The van der Waals surface area contributed by atoms with E-state index in [0.717, 1.165) is 22.7 Å². The van der Waals surface area contributed by atoms with Gasteiger partial charge in [0.15, 0.2) is 0 Å². The van der Waals surface area contributed by atoms with Crippen LogP contribution in [-0.4, -0.2) is 11.6 Å². The molecule has 0 unspecified atom stereocenters. The van der Waals surface area contributed by atoms with Crippen molar-refractivity contribution in [2.45, 2.75) is 13.8 Å². The molecule has 0 bridgehead atoms. The highest BCUT2D eigenvalue weighted by Gasteiger charge is 2.00. The van der Waals surface area contributed by atoms with E-state index in [2.05, 4.69) is 4.98 Å². The maximum atomic E-state index is 5.47. The van der Waals surface area contributed by atoms with Gasteiger partial charge >= 0.3 is 0 Å². The Morgan fingerprint density at radius 2 is 1.94 bits per heavy atom. The Hall–Kier alpha value is -1.83. The zero-order chi connectivity index (χ0) is 11.4. The van der Waals surface area contributed by atoms with Gasteiger partial charge in [-0.3, -0.25) is 4.98 Å². The average Bonchev–Trinajstić information content (AvgIpc) is 2.30. The van der Waals surface area contributed by atoms with Gasteiger partial charge < -0.3 is 4.74 Å². The Morgan fingerprint density at radius 3 is 2.69 bits per heavy atom. The molecular formula is C14H15NO. The molecule has 0 saturated carbocycles. The van der Waals surface area contributed by atoms with Crippen molar-refractivity contribution in [1.29, 1.82) is 0 Å². The van der Waals surface area contributed by atoms with Crippen LogP contribution in [0.5, 0.6) is 5.75 Å². The molecule has 2 nitrogen and oxygen atoms in total. The topological polar surface area (TPSA) is 22.1 Å². The third kappa shape index (κ3) is 2.40. The van der Waals surface area contributed by atoms with E-state index >= 15 is 0 Å². The molecule has 0 saturated heterocycles. The Labute approximate surface area is 95.9 Å². The Morgan fingerprint density at radius 1 is 1.12 bits per heavy atom. The van der Waals surface area contributed by atoms with Crippen molar-refractivity contribution in [3.05, 3.63) is 48.2 Å². The summed E-state index contributed by atoms with van der Waals surface area (Å²) in [5, 5.41) is 0. The zero-order valence-corrected chi connectivity index (χ0v) is 9.60. The SMILES string of the molecule is CCOc1cccc(-c2cccc(C)n2)c1. The smallest absolute Gasteiger partial charge is 0.119 e. The van der Waals surface area contributed by atoms with Crippen molar-refractivity contribution < 1.29 is 4.74 Å². The third-order valence-corrected chi connectivity index (χ3v) is 2.33. The van der Waals surface area contributed by atoms with E-state index < -0.39 is 0 Å². The summed E-state index contributed by atoms with van der Waals surface area (Å²) < 4.78 is 5.47. The molecule has 0 atom stereocenters. The first-order valence-corrected chi connectivity index (χ1v) is 5.46. The lowest BCUT2D eigenvalue weighted by molar-refractivity contribution is 0.340. The van der Waals surface area contributed by atoms with Crippen LogP contribution in [0.1, 0.15) is 12.6 Å². The molecule has 0 spiro atoms. The molecule has 16 heavy (non-hydrogen) atoms. The number of hydrogen-bond acceptors (Lipinski definition) is 2. The van der Waals surface area contributed by atoms with Crippen LogP contribution in [0.4, 0.5) is 0 Å². The molecular weight excluding hydrogens is 198 g/mol. The van der Waals surface area contributed by atoms with E-state index in [0.29, 0.717) is 6.61 Å². The van der Waals surface area contributed by atoms with Crippen LogP contribution >= 0.6 is 0 Å². The lowest BCUT2D eigenvalue weighted by atomic mass is 10.1. The highest BCUT2D eigenvalue weighted by molar-refractivity contribution is 5.61. The number of pyridine rings is 1. The molecule has 2 aromatic rings. The molecule has 2 heteroatoms. The summed E-state index contributed by atoms with van der Waals surface area (Å²) in [6.45, 7) is 4.66. The van der Waals surface area contributed by atoms with Gasteiger partial charge in [0.05, 0.1) is 12.3 Å². The van der Waals surface area contributed by atoms with Gasteiger partial charge in [-0.1, -0.05) is 18.2 Å². The van der Waals surface area contributed by atoms with Crippen molar-refractivity contribution in [1.82, 2.24) is 4.98 Å². The number of hydrogen-bond donors (Lipinski definition) is 0. The van der Waals surface area contributed by atoms with Crippen LogP contribution in [0.15, 0.2) is 42.5 Å². The lowest BCUT2D eigenvalue weighted by Crippen LogP contribution is -1.92. The molecule has 0 N–H and O–H groups in total. The summed E-state index contributed by atoms with van der Waals surface area (Å²) in [5.74, 6) is 0.892. The zero-order valence-electron chi connectivity index (χ0n) is 9.60. The lowest BCUT2D eigenvalue weighted by Gasteiger charge is -2.06. The van der Waals surface area contributed by atoms with E-state index in [-0.39, 0.29) is 0 Å². The molecule has 2 rings (SSSR count). The summed E-state index contributed by atoms with van der Waals surface area (Å²) in [6.07, 6.45) is 0. The molecule has 0 fully saturated rings. The van der Waals surface area contributed by atoms with E-state index in [9.17, 15) is 0 Å². The number of aromatic nitrogens is 1. The second kappa shape index (κ2) is 4.79. The molecule has 1 heterocycles. The maximum absolute atomic E-state index is 5.47. The fourth-order valence-electron chi connectivity index (χ4n) is 1.62. The number of rotatable bonds is 3. The molecule has 0 radical (unpaired) electrons. The fourth-order valence-corrected chi connectivity index (χ4v) is 1.62. The predicted molar refractivity (Wildman–Crippen MR) is 65.6 cm³/mol. The number of benzene rings is 1. The Balaban J connectivity index is 2.36. The second-order valence-corrected chi connectivity index (χ2v) is 3.63. The van der Waals surface area contributed by atoms with Crippen molar-refractivity contribution in [2.75, 3.05) is 6.61 Å². The van der Waals surface area contributed by atoms with Gasteiger partial charge in [-0.05, 0) is 38.1 Å². The highest BCUT2D eigenvalue weighted by atomic mass is 16.5.